The average Bonchev–Trinajstić information content (AvgIpc) is 3.60. The highest BCUT2D eigenvalue weighted by molar-refractivity contribution is 7.12. The van der Waals surface area contributed by atoms with Crippen LogP contribution in [0.15, 0.2) is 54.0 Å². The van der Waals surface area contributed by atoms with Gasteiger partial charge in [-0.25, -0.2) is 23.4 Å². The number of anilines is 1. The van der Waals surface area contributed by atoms with Gasteiger partial charge in [0.1, 0.15) is 16.6 Å². The molecule has 3 N–H and O–H groups in total. The number of nitrogens with zero attached hydrogens (tertiary/aromatic N) is 2. The number of aromatic carboxylic acids is 1. The Bertz CT molecular complexity index is 1710. The lowest BCUT2D eigenvalue weighted by molar-refractivity contribution is -0.141. The maximum absolute atomic E-state index is 15.4. The molecule has 2 atom stereocenters. The number of carboxylic acid groups (broad SMARTS) is 1. The largest absolute Gasteiger partial charge is 0.477 e. The van der Waals surface area contributed by atoms with E-state index in [1.165, 1.54) is 28.6 Å². The maximum atomic E-state index is 15.4. The fourth-order valence-electron chi connectivity index (χ4n) is 5.65. The molecule has 42 heavy (non-hydrogen) atoms. The van der Waals surface area contributed by atoms with Crippen LogP contribution in [0, 0.1) is 11.6 Å². The van der Waals surface area contributed by atoms with Crippen LogP contribution in [0.4, 0.5) is 19.3 Å². The Balaban J connectivity index is 1.36. The summed E-state index contributed by atoms with van der Waals surface area (Å²) < 4.78 is 35.9. The van der Waals surface area contributed by atoms with Gasteiger partial charge in [-0.05, 0) is 37.0 Å². The van der Waals surface area contributed by atoms with Crippen molar-refractivity contribution in [2.24, 2.45) is 0 Å². The monoisotopic (exact) mass is 612 g/mol. The Kier molecular flexibility index (Phi) is 7.19. The van der Waals surface area contributed by atoms with E-state index >= 15 is 4.39 Å². The summed E-state index contributed by atoms with van der Waals surface area (Å²) >= 11 is 6.84. The molecule has 0 aliphatic carbocycles. The Morgan fingerprint density at radius 1 is 1.19 bits per heavy atom. The molecule has 2 aliphatic heterocycles. The number of thiophene rings is 1. The first kappa shape index (κ1) is 27.9. The zero-order chi connectivity index (χ0) is 29.6. The normalized spacial score (nSPS) is 18.7. The number of piperidine rings is 1. The second-order valence-corrected chi connectivity index (χ2v) is 11.5. The topological polar surface area (TPSA) is 125 Å². The number of carboxylic acids is 1. The molecule has 2 aromatic heterocycles. The molecule has 9 nitrogen and oxygen atoms in total. The van der Waals surface area contributed by atoms with E-state index in [1.54, 1.807) is 0 Å². The number of halogens is 3. The number of amides is 2. The molecule has 216 valence electrons. The van der Waals surface area contributed by atoms with Crippen LogP contribution in [0.25, 0.3) is 11.3 Å². The maximum Gasteiger partial charge on any atom is 0.412 e. The van der Waals surface area contributed by atoms with Gasteiger partial charge in [0.05, 0.1) is 28.5 Å². The molecule has 2 aliphatic rings. The molecule has 1 spiro atoms. The van der Waals surface area contributed by atoms with E-state index in [1.807, 2.05) is 30.3 Å². The number of aromatic nitrogens is 2. The van der Waals surface area contributed by atoms with E-state index < -0.39 is 40.1 Å². The number of H-pyrrole nitrogens is 1. The van der Waals surface area contributed by atoms with Crippen molar-refractivity contribution in [3.05, 3.63) is 92.5 Å². The molecule has 0 saturated carbocycles. The lowest BCUT2D eigenvalue weighted by Crippen LogP contribution is -2.54. The van der Waals surface area contributed by atoms with Crippen LogP contribution >= 0.6 is 22.9 Å². The van der Waals surface area contributed by atoms with Gasteiger partial charge >= 0.3 is 12.1 Å². The predicted octanol–water partition coefficient (Wildman–Crippen LogP) is 6.17. The molecular formula is C29H23ClF2N4O5S. The Morgan fingerprint density at radius 2 is 1.98 bits per heavy atom. The number of fused-ring (bicyclic) bond motifs is 2. The van der Waals surface area contributed by atoms with Crippen molar-refractivity contribution in [3.8, 4) is 11.3 Å². The quantitative estimate of drug-likeness (QED) is 0.239. The number of benzene rings is 2. The molecule has 4 heterocycles. The highest BCUT2D eigenvalue weighted by Crippen LogP contribution is 2.45. The number of nitrogens with one attached hydrogen (secondary N) is 2. The zero-order valence-corrected chi connectivity index (χ0v) is 23.4. The van der Waals surface area contributed by atoms with Crippen molar-refractivity contribution in [2.75, 3.05) is 18.4 Å². The molecule has 4 aromatic rings. The fourth-order valence-corrected chi connectivity index (χ4v) is 6.58. The van der Waals surface area contributed by atoms with Crippen LogP contribution in [-0.4, -0.2) is 51.0 Å². The molecule has 6 rings (SSSR count). The van der Waals surface area contributed by atoms with E-state index in [9.17, 15) is 23.9 Å². The minimum Gasteiger partial charge on any atom is -0.477 e. The van der Waals surface area contributed by atoms with Gasteiger partial charge in [0.2, 0.25) is 5.91 Å². The summed E-state index contributed by atoms with van der Waals surface area (Å²) in [4.78, 5) is 46.6. The first-order valence-electron chi connectivity index (χ1n) is 13.0. The number of carbonyl (C=O) groups is 3. The van der Waals surface area contributed by atoms with Gasteiger partial charge in [0, 0.05) is 23.7 Å². The number of rotatable bonds is 6. The van der Waals surface area contributed by atoms with Crippen molar-refractivity contribution < 1.29 is 33.0 Å². The average molecular weight is 613 g/mol. The molecule has 2 amide bonds. The summed E-state index contributed by atoms with van der Waals surface area (Å²) in [6, 6.07) is 12.1. The lowest BCUT2D eigenvalue weighted by Gasteiger charge is -2.45. The molecule has 0 radical (unpaired) electrons. The van der Waals surface area contributed by atoms with Crippen molar-refractivity contribution in [2.45, 2.75) is 30.8 Å². The summed E-state index contributed by atoms with van der Waals surface area (Å²) in [7, 11) is 0. The van der Waals surface area contributed by atoms with Crippen LogP contribution in [0.1, 0.15) is 45.4 Å². The molecular weight excluding hydrogens is 590 g/mol. The smallest absolute Gasteiger partial charge is 0.412 e. The summed E-state index contributed by atoms with van der Waals surface area (Å²) in [6.45, 7) is 0.215. The van der Waals surface area contributed by atoms with Gasteiger partial charge in [-0.2, -0.15) is 0 Å². The van der Waals surface area contributed by atoms with E-state index in [0.717, 1.165) is 16.9 Å². The van der Waals surface area contributed by atoms with Crippen molar-refractivity contribution >= 4 is 46.6 Å². The summed E-state index contributed by atoms with van der Waals surface area (Å²) in [5.74, 6) is -3.97. The Labute approximate surface area is 247 Å². The molecule has 1 saturated heterocycles. The number of hydrogen-bond donors (Lipinski definition) is 3. The molecule has 1 fully saturated rings. The van der Waals surface area contributed by atoms with Gasteiger partial charge < -0.3 is 19.7 Å². The number of ether oxygens (including phenoxy) is 1. The number of aromatic amines is 1. The second kappa shape index (κ2) is 10.8. The van der Waals surface area contributed by atoms with Crippen LogP contribution in [-0.2, 0) is 21.6 Å². The molecule has 2 aromatic carbocycles. The van der Waals surface area contributed by atoms with E-state index in [4.69, 9.17) is 16.3 Å². The summed E-state index contributed by atoms with van der Waals surface area (Å²) in [5, 5.41) is 13.0. The van der Waals surface area contributed by atoms with Crippen LogP contribution in [0.5, 0.6) is 0 Å². The number of imidazole rings is 1. The molecule has 0 bridgehead atoms. The zero-order valence-electron chi connectivity index (χ0n) is 21.8. The molecule has 1 unspecified atom stereocenters. The van der Waals surface area contributed by atoms with E-state index in [0.29, 0.717) is 13.0 Å². The standard InChI is InChI=1S/C29H23ClF2N4O5S/c30-18-7-8-19-21(23(18)32)29(41-28(40)35-19)9-4-10-36(14-29)26(37)16(11-15-5-2-1-3-6-15)25-33-12-20(34-25)17-13-42-24(22(17)31)27(38)39/h1-3,5-8,12-13,16H,4,9-11,14H2,(H,33,34)(H,35,40)(H,38,39)/t16?,29-/m0/s1. The van der Waals surface area contributed by atoms with E-state index in [2.05, 4.69) is 15.3 Å². The minimum absolute atomic E-state index is 0.00770. The number of carbonyl (C=O) groups excluding carboxylic acids is 2. The number of hydrogen-bond acceptors (Lipinski definition) is 6. The summed E-state index contributed by atoms with van der Waals surface area (Å²) in [5.41, 5.74) is -0.115. The van der Waals surface area contributed by atoms with Gasteiger partial charge in [-0.3, -0.25) is 10.1 Å². The van der Waals surface area contributed by atoms with Crippen molar-refractivity contribution in [1.82, 2.24) is 14.9 Å². The second-order valence-electron chi connectivity index (χ2n) is 10.2. The van der Waals surface area contributed by atoms with Crippen LogP contribution in [0.3, 0.4) is 0 Å². The van der Waals surface area contributed by atoms with Gasteiger partial charge in [0.15, 0.2) is 17.2 Å². The SMILES string of the molecule is O=C1Nc2ccc(Cl)c(F)c2[C@@]2(CCCN(C(=O)C(Cc3ccccc3)c3nc(-c4csc(C(=O)O)c4F)c[nH]3)C2)O1. The van der Waals surface area contributed by atoms with Crippen LogP contribution < -0.4 is 5.32 Å². The first-order chi connectivity index (χ1) is 20.2. The fraction of sp³-hybridized carbons (Fsp3) is 0.241. The van der Waals surface area contributed by atoms with Crippen molar-refractivity contribution in [1.29, 1.82) is 0 Å². The highest BCUT2D eigenvalue weighted by atomic mass is 35.5. The van der Waals surface area contributed by atoms with Gasteiger partial charge in [-0.15, -0.1) is 11.3 Å². The summed E-state index contributed by atoms with van der Waals surface area (Å²) in [6.07, 6.45) is 1.61. The van der Waals surface area contributed by atoms with Crippen molar-refractivity contribution in [3.63, 3.8) is 0 Å². The number of likely N-dealkylation sites (tertiary alicyclic amines) is 1. The minimum atomic E-state index is -1.45. The first-order valence-corrected chi connectivity index (χ1v) is 14.3. The van der Waals surface area contributed by atoms with Gasteiger partial charge in [-0.1, -0.05) is 41.9 Å². The van der Waals surface area contributed by atoms with Gasteiger partial charge in [0.25, 0.3) is 0 Å². The Hall–Kier alpha value is -4.29. The third-order valence-electron chi connectivity index (χ3n) is 7.55. The third kappa shape index (κ3) is 4.90. The Morgan fingerprint density at radius 3 is 2.71 bits per heavy atom. The third-order valence-corrected chi connectivity index (χ3v) is 8.79. The molecule has 13 heteroatoms. The highest BCUT2D eigenvalue weighted by Gasteiger charge is 2.49. The van der Waals surface area contributed by atoms with E-state index in [-0.39, 0.29) is 58.6 Å². The predicted molar refractivity (Wildman–Crippen MR) is 151 cm³/mol. The van der Waals surface area contributed by atoms with Crippen LogP contribution in [0.2, 0.25) is 5.02 Å². The lowest BCUT2D eigenvalue weighted by atomic mass is 9.82.